The first-order valence-electron chi connectivity index (χ1n) is 13.9. The smallest absolute Gasteiger partial charge is 0.312 e. The van der Waals surface area contributed by atoms with Crippen molar-refractivity contribution in [3.05, 3.63) is 54.6 Å². The fourth-order valence-corrected chi connectivity index (χ4v) is 4.83. The molecule has 0 aliphatic heterocycles. The van der Waals surface area contributed by atoms with E-state index in [0.29, 0.717) is 25.0 Å². The lowest BCUT2D eigenvalue weighted by Gasteiger charge is -2.43. The van der Waals surface area contributed by atoms with E-state index in [9.17, 15) is 15.0 Å². The molecule has 0 spiro atoms. The van der Waals surface area contributed by atoms with Gasteiger partial charge in [0.15, 0.2) is 0 Å². The average Bonchev–Trinajstić information content (AvgIpc) is 3.29. The SMILES string of the molecule is CC(C)(C)CC(C)(C(=O)OCC(CO)CCC(O)COc1ccc2cc(-c3ccccc3)oc2c1)C(C)(C)C. The molecule has 39 heavy (non-hydrogen) atoms. The van der Waals surface area contributed by atoms with Crippen LogP contribution >= 0.6 is 0 Å². The highest BCUT2D eigenvalue weighted by molar-refractivity contribution is 5.84. The Morgan fingerprint density at radius 1 is 0.923 bits per heavy atom. The minimum absolute atomic E-state index is 0.0345. The zero-order chi connectivity index (χ0) is 28.8. The van der Waals surface area contributed by atoms with Crippen LogP contribution in [0.2, 0.25) is 0 Å². The van der Waals surface area contributed by atoms with Crippen molar-refractivity contribution in [1.29, 1.82) is 0 Å². The summed E-state index contributed by atoms with van der Waals surface area (Å²) in [5.41, 5.74) is 0.758. The second-order valence-electron chi connectivity index (χ2n) is 13.2. The van der Waals surface area contributed by atoms with Crippen molar-refractivity contribution in [3.63, 3.8) is 0 Å². The molecule has 6 nitrogen and oxygen atoms in total. The summed E-state index contributed by atoms with van der Waals surface area (Å²) >= 11 is 0. The van der Waals surface area contributed by atoms with Crippen LogP contribution in [0.15, 0.2) is 59.0 Å². The molecular weight excluding hydrogens is 492 g/mol. The summed E-state index contributed by atoms with van der Waals surface area (Å²) in [6, 6.07) is 17.5. The fraction of sp³-hybridized carbons (Fsp3) is 0.545. The molecule has 6 heteroatoms. The maximum atomic E-state index is 13.2. The quantitative estimate of drug-likeness (QED) is 0.236. The van der Waals surface area contributed by atoms with Crippen LogP contribution in [-0.2, 0) is 9.53 Å². The number of carbonyl (C=O) groups excluding carboxylic acids is 1. The molecule has 0 saturated carbocycles. The number of fused-ring (bicyclic) bond motifs is 1. The topological polar surface area (TPSA) is 89.1 Å². The Labute approximate surface area is 233 Å². The van der Waals surface area contributed by atoms with Crippen LogP contribution in [0.5, 0.6) is 5.75 Å². The predicted molar refractivity (Wildman–Crippen MR) is 156 cm³/mol. The fourth-order valence-electron chi connectivity index (χ4n) is 4.83. The van der Waals surface area contributed by atoms with Gasteiger partial charge < -0.3 is 24.1 Å². The van der Waals surface area contributed by atoms with E-state index in [2.05, 4.69) is 41.5 Å². The first-order valence-corrected chi connectivity index (χ1v) is 13.9. The van der Waals surface area contributed by atoms with E-state index in [1.807, 2.05) is 61.5 Å². The summed E-state index contributed by atoms with van der Waals surface area (Å²) in [4.78, 5) is 13.2. The van der Waals surface area contributed by atoms with E-state index >= 15 is 0 Å². The maximum Gasteiger partial charge on any atom is 0.312 e. The highest BCUT2D eigenvalue weighted by atomic mass is 16.5. The minimum atomic E-state index is -0.720. The third-order valence-electron chi connectivity index (χ3n) is 7.60. The summed E-state index contributed by atoms with van der Waals surface area (Å²) in [6.07, 6.45) is 0.905. The Balaban J connectivity index is 1.50. The molecule has 0 radical (unpaired) electrons. The van der Waals surface area contributed by atoms with Gasteiger partial charge in [-0.25, -0.2) is 0 Å². The first kappa shape index (κ1) is 30.7. The van der Waals surface area contributed by atoms with Gasteiger partial charge in [0, 0.05) is 29.5 Å². The number of benzene rings is 2. The lowest BCUT2D eigenvalue weighted by Crippen LogP contribution is -2.44. The molecule has 0 aliphatic rings. The third-order valence-corrected chi connectivity index (χ3v) is 7.60. The molecule has 2 N–H and O–H groups in total. The Bertz CT molecular complexity index is 1200. The molecule has 0 bridgehead atoms. The van der Waals surface area contributed by atoms with E-state index in [1.54, 1.807) is 0 Å². The largest absolute Gasteiger partial charge is 0.491 e. The van der Waals surface area contributed by atoms with E-state index in [0.717, 1.165) is 22.3 Å². The van der Waals surface area contributed by atoms with Crippen LogP contribution in [0.3, 0.4) is 0 Å². The van der Waals surface area contributed by atoms with Crippen LogP contribution in [-0.4, -0.2) is 42.1 Å². The van der Waals surface area contributed by atoms with E-state index in [1.165, 1.54) is 0 Å². The van der Waals surface area contributed by atoms with Gasteiger partial charge >= 0.3 is 5.97 Å². The molecule has 0 fully saturated rings. The van der Waals surface area contributed by atoms with Crippen LogP contribution in [0.4, 0.5) is 0 Å². The Morgan fingerprint density at radius 2 is 1.62 bits per heavy atom. The summed E-state index contributed by atoms with van der Waals surface area (Å²) in [5, 5.41) is 21.4. The highest BCUT2D eigenvalue weighted by Gasteiger charge is 2.47. The number of aliphatic hydroxyl groups excluding tert-OH is 2. The van der Waals surface area contributed by atoms with Crippen molar-refractivity contribution >= 4 is 16.9 Å². The molecule has 2 aromatic carbocycles. The molecule has 214 valence electrons. The number of furan rings is 1. The zero-order valence-electron chi connectivity index (χ0n) is 24.6. The molecule has 1 heterocycles. The van der Waals surface area contributed by atoms with Gasteiger partial charge in [-0.1, -0.05) is 71.9 Å². The van der Waals surface area contributed by atoms with Gasteiger partial charge in [-0.2, -0.15) is 0 Å². The lowest BCUT2D eigenvalue weighted by atomic mass is 9.61. The van der Waals surface area contributed by atoms with Crippen LogP contribution in [0, 0.1) is 22.2 Å². The summed E-state index contributed by atoms with van der Waals surface area (Å²) in [7, 11) is 0. The average molecular weight is 539 g/mol. The molecule has 0 saturated heterocycles. The van der Waals surface area contributed by atoms with Crippen LogP contribution < -0.4 is 4.74 Å². The van der Waals surface area contributed by atoms with Crippen molar-refractivity contribution < 1.29 is 28.9 Å². The third kappa shape index (κ3) is 8.33. The number of ether oxygens (including phenoxy) is 2. The Morgan fingerprint density at radius 3 is 2.23 bits per heavy atom. The number of rotatable bonds is 12. The van der Waals surface area contributed by atoms with Gasteiger partial charge in [0.2, 0.25) is 0 Å². The summed E-state index contributed by atoms with van der Waals surface area (Å²) < 4.78 is 17.6. The van der Waals surface area contributed by atoms with Crippen molar-refractivity contribution in [2.75, 3.05) is 19.8 Å². The maximum absolute atomic E-state index is 13.2. The number of carbonyl (C=O) groups is 1. The van der Waals surface area contributed by atoms with Gasteiger partial charge in [-0.3, -0.25) is 4.79 Å². The molecule has 0 amide bonds. The predicted octanol–water partition coefficient (Wildman–Crippen LogP) is 7.26. The van der Waals surface area contributed by atoms with Gasteiger partial charge in [0.25, 0.3) is 0 Å². The van der Waals surface area contributed by atoms with Crippen molar-refractivity contribution in [1.82, 2.24) is 0 Å². The Hall–Kier alpha value is -2.83. The van der Waals surface area contributed by atoms with Crippen molar-refractivity contribution in [2.45, 2.75) is 73.8 Å². The molecule has 0 aliphatic carbocycles. The van der Waals surface area contributed by atoms with Gasteiger partial charge in [-0.05, 0) is 55.2 Å². The van der Waals surface area contributed by atoms with Gasteiger partial charge in [0.1, 0.15) is 23.7 Å². The minimum Gasteiger partial charge on any atom is -0.491 e. The molecular formula is C33H46O6. The molecule has 3 rings (SSSR count). The van der Waals surface area contributed by atoms with Crippen molar-refractivity contribution in [2.24, 2.45) is 22.2 Å². The zero-order valence-corrected chi connectivity index (χ0v) is 24.6. The molecule has 3 atom stereocenters. The summed E-state index contributed by atoms with van der Waals surface area (Å²) in [5.74, 6) is 0.914. The van der Waals surface area contributed by atoms with Crippen molar-refractivity contribution in [3.8, 4) is 17.1 Å². The monoisotopic (exact) mass is 538 g/mol. The molecule has 3 aromatic rings. The van der Waals surface area contributed by atoms with E-state index < -0.39 is 11.5 Å². The number of hydrogen-bond donors (Lipinski definition) is 2. The second kappa shape index (κ2) is 12.6. The first-order chi connectivity index (χ1) is 18.2. The normalized spacial score (nSPS) is 15.5. The molecule has 3 unspecified atom stereocenters. The van der Waals surface area contributed by atoms with Gasteiger partial charge in [0.05, 0.1) is 18.1 Å². The van der Waals surface area contributed by atoms with Gasteiger partial charge in [-0.15, -0.1) is 0 Å². The number of hydrogen-bond acceptors (Lipinski definition) is 6. The number of aliphatic hydroxyl groups is 2. The van der Waals surface area contributed by atoms with Crippen LogP contribution in [0.25, 0.3) is 22.3 Å². The summed E-state index contributed by atoms with van der Waals surface area (Å²) in [6.45, 7) is 14.6. The Kier molecular flexibility index (Phi) is 9.89. The molecule has 1 aromatic heterocycles. The lowest BCUT2D eigenvalue weighted by molar-refractivity contribution is -0.166. The highest BCUT2D eigenvalue weighted by Crippen LogP contribution is 2.47. The van der Waals surface area contributed by atoms with E-state index in [4.69, 9.17) is 13.9 Å². The van der Waals surface area contributed by atoms with Crippen LogP contribution in [0.1, 0.15) is 67.7 Å². The standard InChI is InChI=1S/C33H46O6/c1-31(2,3)22-33(7,32(4,5)6)30(36)38-20-23(19-34)13-15-26(35)21-37-27-16-14-25-17-28(39-29(25)18-27)24-11-9-8-10-12-24/h8-12,14,16-18,23,26,34-35H,13,15,19-22H2,1-7H3. The van der Waals surface area contributed by atoms with E-state index in [-0.39, 0.29) is 42.5 Å². The number of esters is 1. The second-order valence-corrected chi connectivity index (χ2v) is 13.2.